The number of fused-ring (bicyclic) bond motifs is 2. The van der Waals surface area contributed by atoms with E-state index in [0.717, 1.165) is 25.3 Å². The molecule has 1 heterocycles. The number of halogens is 3. The second-order valence-electron chi connectivity index (χ2n) is 7.72. The van der Waals surface area contributed by atoms with Crippen LogP contribution < -0.4 is 15.4 Å². The van der Waals surface area contributed by atoms with E-state index in [9.17, 15) is 4.79 Å². The Hall–Kier alpha value is -2.79. The number of ether oxygens (including phenoxy) is 1. The van der Waals surface area contributed by atoms with Crippen LogP contribution in [0.5, 0.6) is 5.75 Å². The maximum Gasteiger partial charge on any atom is 0.261 e. The van der Waals surface area contributed by atoms with Crippen molar-refractivity contribution in [2.45, 2.75) is 0 Å². The molecule has 5 rings (SSSR count). The molecule has 0 fully saturated rings. The summed E-state index contributed by atoms with van der Waals surface area (Å²) in [5.41, 5.74) is 3.20. The van der Waals surface area contributed by atoms with Crippen molar-refractivity contribution in [1.29, 1.82) is 0 Å². The monoisotopic (exact) mass is 687 g/mol. The van der Waals surface area contributed by atoms with E-state index in [2.05, 4.69) is 58.4 Å². The number of oxazole rings is 1. The second kappa shape index (κ2) is 10.3. The van der Waals surface area contributed by atoms with E-state index < -0.39 is 5.91 Å². The van der Waals surface area contributed by atoms with E-state index in [4.69, 9.17) is 26.4 Å². The number of nitrogens with zero attached hydrogens (tertiary/aromatic N) is 1. The van der Waals surface area contributed by atoms with E-state index in [1.54, 1.807) is 12.1 Å². The van der Waals surface area contributed by atoms with Gasteiger partial charge in [-0.25, -0.2) is 4.98 Å². The fourth-order valence-corrected chi connectivity index (χ4v) is 5.94. The fourth-order valence-electron chi connectivity index (χ4n) is 3.85. The van der Waals surface area contributed by atoms with Crippen molar-refractivity contribution in [1.82, 2.24) is 10.3 Å². The summed E-state index contributed by atoms with van der Waals surface area (Å²) in [6.45, 7) is 0. The third-order valence-electron chi connectivity index (χ3n) is 5.43. The highest BCUT2D eigenvalue weighted by Crippen LogP contribution is 2.35. The first-order valence-corrected chi connectivity index (χ1v) is 13.4. The maximum atomic E-state index is 12.8. The van der Waals surface area contributed by atoms with E-state index in [1.807, 2.05) is 54.6 Å². The third kappa shape index (κ3) is 4.90. The summed E-state index contributed by atoms with van der Waals surface area (Å²) in [5, 5.41) is 7.98. The molecule has 0 aliphatic heterocycles. The highest BCUT2D eigenvalue weighted by molar-refractivity contribution is 9.11. The fraction of sp³-hybridized carbons (Fsp3) is 0.0385. The predicted molar refractivity (Wildman–Crippen MR) is 157 cm³/mol. The van der Waals surface area contributed by atoms with Crippen molar-refractivity contribution in [2.75, 3.05) is 12.4 Å². The van der Waals surface area contributed by atoms with Crippen LogP contribution in [-0.4, -0.2) is 23.1 Å². The number of hydrogen-bond acceptors (Lipinski definition) is 5. The van der Waals surface area contributed by atoms with Crippen molar-refractivity contribution in [3.8, 4) is 17.2 Å². The van der Waals surface area contributed by atoms with Crippen LogP contribution >= 0.6 is 60.0 Å². The lowest BCUT2D eigenvalue weighted by Crippen LogP contribution is -2.34. The van der Waals surface area contributed by atoms with Gasteiger partial charge >= 0.3 is 0 Å². The van der Waals surface area contributed by atoms with E-state index >= 15 is 0 Å². The highest BCUT2D eigenvalue weighted by Gasteiger charge is 2.18. The molecule has 0 aliphatic rings. The van der Waals surface area contributed by atoms with Gasteiger partial charge in [0.1, 0.15) is 11.3 Å². The van der Waals surface area contributed by atoms with Crippen molar-refractivity contribution in [2.24, 2.45) is 0 Å². The Labute approximate surface area is 236 Å². The largest absolute Gasteiger partial charge is 0.495 e. The Morgan fingerprint density at radius 3 is 2.56 bits per heavy atom. The van der Waals surface area contributed by atoms with Gasteiger partial charge in [-0.05, 0) is 81.4 Å². The van der Waals surface area contributed by atoms with Crippen LogP contribution in [-0.2, 0) is 0 Å². The number of nitrogens with one attached hydrogen (secondary N) is 2. The Bertz CT molecular complexity index is 1670. The van der Waals surface area contributed by atoms with Crippen molar-refractivity contribution >= 4 is 98.6 Å². The SMILES string of the molecule is COc1c(Br)cc(Br)cc1C(=O)NC(=S)Nc1ccc2oc(-c3cccc4c(Br)cccc34)nc2c1. The molecule has 0 atom stereocenters. The van der Waals surface area contributed by atoms with Gasteiger partial charge in [-0.2, -0.15) is 0 Å². The lowest BCUT2D eigenvalue weighted by atomic mass is 10.0. The molecule has 180 valence electrons. The first-order chi connectivity index (χ1) is 17.3. The number of carbonyl (C=O) groups excluding carboxylic acids is 1. The molecule has 36 heavy (non-hydrogen) atoms. The Kier molecular flexibility index (Phi) is 7.11. The molecule has 6 nitrogen and oxygen atoms in total. The van der Waals surface area contributed by atoms with E-state index in [0.29, 0.717) is 38.5 Å². The zero-order valence-corrected chi connectivity index (χ0v) is 24.1. The molecule has 0 spiro atoms. The smallest absolute Gasteiger partial charge is 0.261 e. The molecule has 1 aromatic heterocycles. The first-order valence-electron chi connectivity index (χ1n) is 10.6. The molecular formula is C26H16Br3N3O3S. The van der Waals surface area contributed by atoms with Gasteiger partial charge in [0.2, 0.25) is 5.89 Å². The maximum absolute atomic E-state index is 12.8. The van der Waals surface area contributed by atoms with Crippen LogP contribution in [0, 0.1) is 0 Å². The number of methoxy groups -OCH3 is 1. The summed E-state index contributed by atoms with van der Waals surface area (Å²) < 4.78 is 13.8. The van der Waals surface area contributed by atoms with Gasteiger partial charge in [-0.15, -0.1) is 0 Å². The van der Waals surface area contributed by atoms with Gasteiger partial charge in [0.25, 0.3) is 5.91 Å². The van der Waals surface area contributed by atoms with Crippen LogP contribution in [0.3, 0.4) is 0 Å². The van der Waals surface area contributed by atoms with Crippen molar-refractivity contribution < 1.29 is 13.9 Å². The molecule has 0 radical (unpaired) electrons. The van der Waals surface area contributed by atoms with Gasteiger partial charge in [-0.3, -0.25) is 10.1 Å². The zero-order valence-electron chi connectivity index (χ0n) is 18.6. The normalized spacial score (nSPS) is 11.0. The highest BCUT2D eigenvalue weighted by atomic mass is 79.9. The average Bonchev–Trinajstić information content (AvgIpc) is 3.26. The van der Waals surface area contributed by atoms with Gasteiger partial charge in [0, 0.05) is 20.2 Å². The number of benzene rings is 4. The average molecular weight is 690 g/mol. The van der Waals surface area contributed by atoms with Gasteiger partial charge < -0.3 is 14.5 Å². The molecule has 4 aromatic carbocycles. The van der Waals surface area contributed by atoms with Gasteiger partial charge in [0.15, 0.2) is 10.7 Å². The molecule has 0 saturated heterocycles. The predicted octanol–water partition coefficient (Wildman–Crippen LogP) is 8.07. The van der Waals surface area contributed by atoms with E-state index in [1.165, 1.54) is 7.11 Å². The summed E-state index contributed by atoms with van der Waals surface area (Å²) in [6.07, 6.45) is 0. The number of rotatable bonds is 4. The summed E-state index contributed by atoms with van der Waals surface area (Å²) in [5.74, 6) is 0.530. The molecule has 1 amide bonds. The summed E-state index contributed by atoms with van der Waals surface area (Å²) in [7, 11) is 1.50. The summed E-state index contributed by atoms with van der Waals surface area (Å²) >= 11 is 15.8. The van der Waals surface area contributed by atoms with Crippen LogP contribution in [0.25, 0.3) is 33.3 Å². The molecule has 0 unspecified atom stereocenters. The summed E-state index contributed by atoms with van der Waals surface area (Å²) in [6, 6.07) is 20.9. The second-order valence-corrected chi connectivity index (χ2v) is 10.8. The number of anilines is 1. The quantitative estimate of drug-likeness (QED) is 0.186. The molecular weight excluding hydrogens is 674 g/mol. The number of hydrogen-bond donors (Lipinski definition) is 2. The standard InChI is InChI=1S/C26H16Br3N3O3S/c1-34-23-18(10-13(27)11-20(23)29)24(33)32-26(36)30-14-8-9-22-21(12-14)31-25(35-22)17-6-2-5-16-15(17)4-3-7-19(16)28/h2-12H,1H3,(H2,30,32,33,36). The molecule has 5 aromatic rings. The minimum atomic E-state index is -0.404. The lowest BCUT2D eigenvalue weighted by molar-refractivity contribution is 0.0974. The number of aromatic nitrogens is 1. The van der Waals surface area contributed by atoms with Crippen LogP contribution in [0.15, 0.2) is 84.6 Å². The Morgan fingerprint density at radius 1 is 0.972 bits per heavy atom. The van der Waals surface area contributed by atoms with Gasteiger partial charge in [-0.1, -0.05) is 56.1 Å². The Balaban J connectivity index is 1.38. The number of carbonyl (C=O) groups is 1. The molecule has 0 aliphatic carbocycles. The Morgan fingerprint density at radius 2 is 1.75 bits per heavy atom. The van der Waals surface area contributed by atoms with E-state index in [-0.39, 0.29) is 5.11 Å². The van der Waals surface area contributed by atoms with Crippen LogP contribution in [0.1, 0.15) is 10.4 Å². The number of amides is 1. The van der Waals surface area contributed by atoms with Crippen molar-refractivity contribution in [3.63, 3.8) is 0 Å². The zero-order chi connectivity index (χ0) is 25.4. The molecule has 10 heteroatoms. The molecule has 2 N–H and O–H groups in total. The van der Waals surface area contributed by atoms with Crippen LogP contribution in [0.2, 0.25) is 0 Å². The van der Waals surface area contributed by atoms with Crippen molar-refractivity contribution in [3.05, 3.63) is 85.7 Å². The minimum absolute atomic E-state index is 0.139. The minimum Gasteiger partial charge on any atom is -0.495 e. The summed E-state index contributed by atoms with van der Waals surface area (Å²) in [4.78, 5) is 17.5. The topological polar surface area (TPSA) is 76.4 Å². The molecule has 0 bridgehead atoms. The lowest BCUT2D eigenvalue weighted by Gasteiger charge is -2.13. The third-order valence-corrected chi connectivity index (χ3v) is 7.37. The molecule has 0 saturated carbocycles. The number of thiocarbonyl (C=S) groups is 1. The first kappa shape index (κ1) is 24.9. The van der Waals surface area contributed by atoms with Crippen LogP contribution in [0.4, 0.5) is 5.69 Å². The van der Waals surface area contributed by atoms with Gasteiger partial charge in [0.05, 0.1) is 17.1 Å².